The highest BCUT2D eigenvalue weighted by atomic mass is 16.5. The van der Waals surface area contributed by atoms with Gasteiger partial charge >= 0.3 is 5.69 Å². The first-order valence-corrected chi connectivity index (χ1v) is 6.13. The quantitative estimate of drug-likeness (QED) is 0.909. The molecule has 1 heterocycles. The number of amides is 1. The maximum atomic E-state index is 12.3. The summed E-state index contributed by atoms with van der Waals surface area (Å²) >= 11 is 0. The van der Waals surface area contributed by atoms with Crippen LogP contribution in [0.3, 0.4) is 0 Å². The molecule has 0 spiro atoms. The molecule has 1 amide bonds. The van der Waals surface area contributed by atoms with Crippen molar-refractivity contribution in [2.75, 3.05) is 19.5 Å². The van der Waals surface area contributed by atoms with Crippen molar-refractivity contribution in [3.63, 3.8) is 0 Å². The molecule has 0 atom stereocenters. The Balaban J connectivity index is 2.36. The highest BCUT2D eigenvalue weighted by Gasteiger charge is 2.18. The van der Waals surface area contributed by atoms with Crippen LogP contribution in [-0.4, -0.2) is 29.7 Å². The van der Waals surface area contributed by atoms with Gasteiger partial charge in [-0.25, -0.2) is 4.79 Å². The minimum absolute atomic E-state index is 0.163. The zero-order valence-electron chi connectivity index (χ0n) is 11.9. The second-order valence-electron chi connectivity index (χ2n) is 4.20. The van der Waals surface area contributed by atoms with Crippen LogP contribution in [0.2, 0.25) is 0 Å². The molecule has 7 heteroatoms. The first-order valence-electron chi connectivity index (χ1n) is 6.13. The van der Waals surface area contributed by atoms with Gasteiger partial charge in [-0.3, -0.25) is 4.79 Å². The summed E-state index contributed by atoms with van der Waals surface area (Å²) in [5.41, 5.74) is -0.218. The Morgan fingerprint density at radius 2 is 1.81 bits per heavy atom. The summed E-state index contributed by atoms with van der Waals surface area (Å²) in [6.07, 6.45) is 1.52. The van der Waals surface area contributed by atoms with E-state index in [1.54, 1.807) is 25.2 Å². The lowest BCUT2D eigenvalue weighted by Crippen LogP contribution is -2.23. The summed E-state index contributed by atoms with van der Waals surface area (Å²) < 4.78 is 11.6. The van der Waals surface area contributed by atoms with E-state index < -0.39 is 11.6 Å². The SMILES string of the molecule is COc1cccc(OC)c1C(=O)Nc1ccn(C)c(=O)n1. The van der Waals surface area contributed by atoms with Gasteiger partial charge in [0, 0.05) is 13.2 Å². The summed E-state index contributed by atoms with van der Waals surface area (Å²) in [5.74, 6) is 0.437. The molecule has 2 rings (SSSR count). The van der Waals surface area contributed by atoms with E-state index in [-0.39, 0.29) is 11.4 Å². The van der Waals surface area contributed by atoms with Gasteiger partial charge in [-0.2, -0.15) is 4.98 Å². The molecule has 0 saturated heterocycles. The monoisotopic (exact) mass is 289 g/mol. The Morgan fingerprint density at radius 1 is 1.19 bits per heavy atom. The molecule has 0 fully saturated rings. The maximum Gasteiger partial charge on any atom is 0.349 e. The van der Waals surface area contributed by atoms with E-state index in [0.717, 1.165) is 0 Å². The van der Waals surface area contributed by atoms with Crippen LogP contribution in [-0.2, 0) is 7.05 Å². The number of aryl methyl sites for hydroxylation is 1. The summed E-state index contributed by atoms with van der Waals surface area (Å²) in [7, 11) is 4.49. The Kier molecular flexibility index (Phi) is 4.22. The minimum atomic E-state index is -0.468. The van der Waals surface area contributed by atoms with E-state index >= 15 is 0 Å². The number of nitrogens with one attached hydrogen (secondary N) is 1. The van der Waals surface area contributed by atoms with Crippen LogP contribution < -0.4 is 20.5 Å². The zero-order chi connectivity index (χ0) is 15.4. The number of benzene rings is 1. The van der Waals surface area contributed by atoms with Crippen molar-refractivity contribution >= 4 is 11.7 Å². The third kappa shape index (κ3) is 3.02. The van der Waals surface area contributed by atoms with Gasteiger partial charge in [0.05, 0.1) is 14.2 Å². The van der Waals surface area contributed by atoms with Crippen LogP contribution >= 0.6 is 0 Å². The van der Waals surface area contributed by atoms with Crippen molar-refractivity contribution in [3.05, 3.63) is 46.5 Å². The second kappa shape index (κ2) is 6.08. The van der Waals surface area contributed by atoms with Crippen molar-refractivity contribution in [2.45, 2.75) is 0 Å². The number of aromatic nitrogens is 2. The highest BCUT2D eigenvalue weighted by molar-refractivity contribution is 6.07. The normalized spacial score (nSPS) is 10.0. The lowest BCUT2D eigenvalue weighted by Gasteiger charge is -2.12. The molecule has 0 saturated carbocycles. The number of carbonyl (C=O) groups is 1. The van der Waals surface area contributed by atoms with Crippen molar-refractivity contribution in [1.82, 2.24) is 9.55 Å². The molecule has 1 aromatic heterocycles. The van der Waals surface area contributed by atoms with Crippen molar-refractivity contribution < 1.29 is 14.3 Å². The van der Waals surface area contributed by atoms with Crippen LogP contribution in [0.25, 0.3) is 0 Å². The van der Waals surface area contributed by atoms with E-state index in [1.165, 1.54) is 31.0 Å². The zero-order valence-corrected chi connectivity index (χ0v) is 11.9. The van der Waals surface area contributed by atoms with E-state index in [2.05, 4.69) is 10.3 Å². The average Bonchev–Trinajstić information content (AvgIpc) is 2.49. The van der Waals surface area contributed by atoms with Crippen LogP contribution in [0.1, 0.15) is 10.4 Å². The van der Waals surface area contributed by atoms with E-state index in [1.807, 2.05) is 0 Å². The van der Waals surface area contributed by atoms with E-state index in [9.17, 15) is 9.59 Å². The predicted molar refractivity (Wildman–Crippen MR) is 77.0 cm³/mol. The molecule has 0 radical (unpaired) electrons. The average molecular weight is 289 g/mol. The van der Waals surface area contributed by atoms with Crippen molar-refractivity contribution in [2.24, 2.45) is 7.05 Å². The standard InChI is InChI=1S/C14H15N3O4/c1-17-8-7-11(16-14(17)19)15-13(18)12-9(20-2)5-4-6-10(12)21-3/h4-8H,1-3H3,(H,15,16,18,19). The second-order valence-corrected chi connectivity index (χ2v) is 4.20. The van der Waals surface area contributed by atoms with Gasteiger partial charge in [0.1, 0.15) is 22.9 Å². The van der Waals surface area contributed by atoms with Gasteiger partial charge in [0.15, 0.2) is 0 Å². The molecule has 21 heavy (non-hydrogen) atoms. The lowest BCUT2D eigenvalue weighted by molar-refractivity contribution is 0.102. The third-order valence-electron chi connectivity index (χ3n) is 2.87. The number of anilines is 1. The third-order valence-corrected chi connectivity index (χ3v) is 2.87. The van der Waals surface area contributed by atoms with Crippen molar-refractivity contribution in [1.29, 1.82) is 0 Å². The fraction of sp³-hybridized carbons (Fsp3) is 0.214. The van der Waals surface area contributed by atoms with Crippen LogP contribution in [0, 0.1) is 0 Å². The predicted octanol–water partition coefficient (Wildman–Crippen LogP) is 1.05. The topological polar surface area (TPSA) is 82.5 Å². The molecule has 0 aliphatic carbocycles. The first kappa shape index (κ1) is 14.6. The molecule has 1 N–H and O–H groups in total. The van der Waals surface area contributed by atoms with Crippen LogP contribution in [0.15, 0.2) is 35.3 Å². The molecule has 0 unspecified atom stereocenters. The molecule has 0 aliphatic heterocycles. The van der Waals surface area contributed by atoms with Gasteiger partial charge in [-0.1, -0.05) is 6.07 Å². The number of methoxy groups -OCH3 is 2. The van der Waals surface area contributed by atoms with Gasteiger partial charge in [-0.15, -0.1) is 0 Å². The molecule has 110 valence electrons. The first-order chi connectivity index (χ1) is 10.1. The number of nitrogens with zero attached hydrogens (tertiary/aromatic N) is 2. The van der Waals surface area contributed by atoms with Crippen LogP contribution in [0.5, 0.6) is 11.5 Å². The molecule has 2 aromatic rings. The largest absolute Gasteiger partial charge is 0.496 e. The molecular formula is C14H15N3O4. The Morgan fingerprint density at radius 3 is 2.33 bits per heavy atom. The number of ether oxygens (including phenoxy) is 2. The Hall–Kier alpha value is -2.83. The number of rotatable bonds is 4. The summed E-state index contributed by atoms with van der Waals surface area (Å²) in [6, 6.07) is 6.54. The number of carbonyl (C=O) groups excluding carboxylic acids is 1. The summed E-state index contributed by atoms with van der Waals surface area (Å²) in [5, 5.41) is 2.55. The summed E-state index contributed by atoms with van der Waals surface area (Å²) in [4.78, 5) is 27.5. The molecular weight excluding hydrogens is 274 g/mol. The molecule has 0 bridgehead atoms. The van der Waals surface area contributed by atoms with Gasteiger partial charge in [-0.05, 0) is 18.2 Å². The highest BCUT2D eigenvalue weighted by Crippen LogP contribution is 2.28. The van der Waals surface area contributed by atoms with E-state index in [0.29, 0.717) is 11.5 Å². The molecule has 1 aromatic carbocycles. The van der Waals surface area contributed by atoms with Crippen molar-refractivity contribution in [3.8, 4) is 11.5 Å². The van der Waals surface area contributed by atoms with Crippen LogP contribution in [0.4, 0.5) is 5.82 Å². The lowest BCUT2D eigenvalue weighted by atomic mass is 10.1. The Labute approximate surface area is 121 Å². The smallest absolute Gasteiger partial charge is 0.349 e. The van der Waals surface area contributed by atoms with Gasteiger partial charge < -0.3 is 19.4 Å². The maximum absolute atomic E-state index is 12.3. The fourth-order valence-corrected chi connectivity index (χ4v) is 1.79. The summed E-state index contributed by atoms with van der Waals surface area (Å²) in [6.45, 7) is 0. The fourth-order valence-electron chi connectivity index (χ4n) is 1.79. The van der Waals surface area contributed by atoms with E-state index in [4.69, 9.17) is 9.47 Å². The Bertz CT molecular complexity index is 702. The number of hydrogen-bond donors (Lipinski definition) is 1. The van der Waals surface area contributed by atoms with Gasteiger partial charge in [0.2, 0.25) is 0 Å². The van der Waals surface area contributed by atoms with Gasteiger partial charge in [0.25, 0.3) is 5.91 Å². The number of hydrogen-bond acceptors (Lipinski definition) is 5. The molecule has 7 nitrogen and oxygen atoms in total. The minimum Gasteiger partial charge on any atom is -0.496 e. The molecule has 0 aliphatic rings.